The van der Waals surface area contributed by atoms with E-state index in [-0.39, 0.29) is 5.92 Å². The lowest BCUT2D eigenvalue weighted by atomic mass is 10.0. The minimum absolute atomic E-state index is 0.224. The Bertz CT molecular complexity index is 654. The van der Waals surface area contributed by atoms with Crippen LogP contribution in [0, 0.1) is 0 Å². The topological polar surface area (TPSA) is 50.3 Å². The number of thiazole rings is 1. The van der Waals surface area contributed by atoms with Gasteiger partial charge in [-0.3, -0.25) is 0 Å². The lowest BCUT2D eigenvalue weighted by Gasteiger charge is -2.30. The molecule has 2 heterocycles. The number of rotatable bonds is 3. The van der Waals surface area contributed by atoms with Crippen LogP contribution in [0.4, 0.5) is 0 Å². The molecule has 0 spiro atoms. The van der Waals surface area contributed by atoms with E-state index in [2.05, 4.69) is 4.98 Å². The van der Waals surface area contributed by atoms with Gasteiger partial charge in [0.25, 0.3) is 0 Å². The van der Waals surface area contributed by atoms with Crippen molar-refractivity contribution in [1.82, 2.24) is 9.29 Å². The van der Waals surface area contributed by atoms with E-state index in [0.717, 1.165) is 17.8 Å². The number of aromatic nitrogens is 1. The number of hydrogen-bond acceptors (Lipinski definition) is 4. The van der Waals surface area contributed by atoms with Crippen LogP contribution in [0.25, 0.3) is 0 Å². The first-order chi connectivity index (χ1) is 9.68. The molecule has 0 bridgehead atoms. The molecule has 0 aliphatic carbocycles. The number of sulfonamides is 1. The third-order valence-electron chi connectivity index (χ3n) is 3.57. The first-order valence-electron chi connectivity index (χ1n) is 6.62. The Balaban J connectivity index is 1.84. The van der Waals surface area contributed by atoms with Gasteiger partial charge < -0.3 is 0 Å². The molecule has 20 heavy (non-hydrogen) atoms. The molecule has 1 saturated heterocycles. The average molecular weight is 308 g/mol. The highest BCUT2D eigenvalue weighted by Crippen LogP contribution is 2.31. The van der Waals surface area contributed by atoms with E-state index in [1.807, 2.05) is 11.4 Å². The van der Waals surface area contributed by atoms with Gasteiger partial charge in [-0.15, -0.1) is 11.3 Å². The van der Waals surface area contributed by atoms with Crippen molar-refractivity contribution in [2.75, 3.05) is 13.1 Å². The summed E-state index contributed by atoms with van der Waals surface area (Å²) in [6, 6.07) is 8.66. The third-order valence-corrected chi connectivity index (χ3v) is 6.38. The molecule has 0 saturated carbocycles. The first-order valence-corrected chi connectivity index (χ1v) is 8.94. The zero-order chi connectivity index (χ0) is 14.0. The predicted octanol–water partition coefficient (Wildman–Crippen LogP) is 2.71. The van der Waals surface area contributed by atoms with Crippen LogP contribution in [0.5, 0.6) is 0 Å². The Labute approximate surface area is 123 Å². The second-order valence-corrected chi connectivity index (χ2v) is 7.75. The number of nitrogens with zero attached hydrogens (tertiary/aromatic N) is 2. The summed E-state index contributed by atoms with van der Waals surface area (Å²) in [7, 11) is -3.38. The van der Waals surface area contributed by atoms with Gasteiger partial charge in [0, 0.05) is 30.6 Å². The molecule has 3 rings (SSSR count). The molecule has 0 radical (unpaired) electrons. The van der Waals surface area contributed by atoms with E-state index >= 15 is 0 Å². The highest BCUT2D eigenvalue weighted by Gasteiger charge is 2.31. The number of piperidine rings is 1. The molecule has 1 aromatic carbocycles. The highest BCUT2D eigenvalue weighted by molar-refractivity contribution is 7.89. The molecule has 106 valence electrons. The van der Waals surface area contributed by atoms with Gasteiger partial charge in [-0.2, -0.15) is 4.31 Å². The fraction of sp³-hybridized carbons (Fsp3) is 0.357. The van der Waals surface area contributed by atoms with Gasteiger partial charge in [-0.05, 0) is 25.0 Å². The maximum atomic E-state index is 12.6. The molecule has 1 fully saturated rings. The van der Waals surface area contributed by atoms with Crippen LogP contribution in [-0.4, -0.2) is 30.8 Å². The molecule has 1 atom stereocenters. The molecule has 2 aromatic rings. The molecule has 0 N–H and O–H groups in total. The Morgan fingerprint density at radius 1 is 1.25 bits per heavy atom. The minimum Gasteiger partial charge on any atom is -0.249 e. The summed E-state index contributed by atoms with van der Waals surface area (Å²) < 4.78 is 26.8. The van der Waals surface area contributed by atoms with Crippen LogP contribution in [0.1, 0.15) is 23.8 Å². The lowest BCUT2D eigenvalue weighted by Crippen LogP contribution is -2.39. The maximum absolute atomic E-state index is 12.6. The molecule has 0 unspecified atom stereocenters. The molecular formula is C14H16N2O2S2. The summed E-state index contributed by atoms with van der Waals surface area (Å²) in [5.74, 6) is 0.224. The van der Waals surface area contributed by atoms with Gasteiger partial charge in [0.05, 0.1) is 9.90 Å². The summed E-state index contributed by atoms with van der Waals surface area (Å²) in [5.41, 5.74) is 0. The van der Waals surface area contributed by atoms with Crippen LogP contribution in [0.3, 0.4) is 0 Å². The second kappa shape index (κ2) is 5.63. The fourth-order valence-corrected chi connectivity index (χ4v) is 4.85. The van der Waals surface area contributed by atoms with Gasteiger partial charge in [0.2, 0.25) is 10.0 Å². The van der Waals surface area contributed by atoms with Gasteiger partial charge in [-0.25, -0.2) is 13.4 Å². The monoisotopic (exact) mass is 308 g/mol. The van der Waals surface area contributed by atoms with E-state index in [4.69, 9.17) is 0 Å². The fourth-order valence-electron chi connectivity index (χ4n) is 2.54. The van der Waals surface area contributed by atoms with E-state index in [0.29, 0.717) is 18.0 Å². The van der Waals surface area contributed by atoms with Gasteiger partial charge in [-0.1, -0.05) is 18.2 Å². The SMILES string of the molecule is O=S(=O)(c1ccccc1)N1CCC[C@@H](c2nccs2)C1. The smallest absolute Gasteiger partial charge is 0.243 e. The maximum Gasteiger partial charge on any atom is 0.243 e. The Kier molecular flexibility index (Phi) is 3.87. The number of hydrogen-bond donors (Lipinski definition) is 0. The van der Waals surface area contributed by atoms with E-state index in [9.17, 15) is 8.42 Å². The number of benzene rings is 1. The summed E-state index contributed by atoms with van der Waals surface area (Å²) in [5, 5.41) is 2.98. The quantitative estimate of drug-likeness (QED) is 0.876. The largest absolute Gasteiger partial charge is 0.249 e. The molecule has 1 aliphatic heterocycles. The van der Waals surface area contributed by atoms with Crippen molar-refractivity contribution in [1.29, 1.82) is 0 Å². The van der Waals surface area contributed by atoms with Crippen LogP contribution >= 0.6 is 11.3 Å². The summed E-state index contributed by atoms with van der Waals surface area (Å²) in [6.45, 7) is 1.13. The molecule has 4 nitrogen and oxygen atoms in total. The van der Waals surface area contributed by atoms with Crippen molar-refractivity contribution in [3.63, 3.8) is 0 Å². The average Bonchev–Trinajstić information content (AvgIpc) is 3.03. The molecule has 6 heteroatoms. The van der Waals surface area contributed by atoms with Crippen molar-refractivity contribution in [2.45, 2.75) is 23.7 Å². The normalized spacial score (nSPS) is 20.9. The molecule has 1 aliphatic rings. The Hall–Kier alpha value is -1.24. The molecule has 1 aromatic heterocycles. The Morgan fingerprint density at radius 3 is 2.75 bits per heavy atom. The first kappa shape index (κ1) is 13.7. The zero-order valence-corrected chi connectivity index (χ0v) is 12.6. The van der Waals surface area contributed by atoms with Crippen LogP contribution in [0.15, 0.2) is 46.8 Å². The predicted molar refractivity (Wildman–Crippen MR) is 79.3 cm³/mol. The van der Waals surface area contributed by atoms with E-state index in [1.165, 1.54) is 0 Å². The van der Waals surface area contributed by atoms with Crippen LogP contribution in [-0.2, 0) is 10.0 Å². The zero-order valence-electron chi connectivity index (χ0n) is 11.0. The lowest BCUT2D eigenvalue weighted by molar-refractivity contribution is 0.315. The van der Waals surface area contributed by atoms with Crippen LogP contribution in [0.2, 0.25) is 0 Å². The summed E-state index contributed by atoms with van der Waals surface area (Å²) in [4.78, 5) is 4.70. The molecular weight excluding hydrogens is 292 g/mol. The van der Waals surface area contributed by atoms with Crippen molar-refractivity contribution >= 4 is 21.4 Å². The third kappa shape index (κ3) is 2.63. The van der Waals surface area contributed by atoms with Gasteiger partial charge in [0.1, 0.15) is 0 Å². The Morgan fingerprint density at radius 2 is 2.05 bits per heavy atom. The van der Waals surface area contributed by atoms with Crippen molar-refractivity contribution in [2.24, 2.45) is 0 Å². The van der Waals surface area contributed by atoms with Crippen molar-refractivity contribution in [3.05, 3.63) is 46.9 Å². The van der Waals surface area contributed by atoms with Gasteiger partial charge in [0.15, 0.2) is 0 Å². The van der Waals surface area contributed by atoms with Crippen LogP contribution < -0.4 is 0 Å². The molecule has 0 amide bonds. The summed E-state index contributed by atoms with van der Waals surface area (Å²) >= 11 is 1.61. The van der Waals surface area contributed by atoms with E-state index < -0.39 is 10.0 Å². The standard InChI is InChI=1S/C14H16N2O2S2/c17-20(18,13-6-2-1-3-7-13)16-9-4-5-12(11-16)14-15-8-10-19-14/h1-3,6-8,10,12H,4-5,9,11H2/t12-/m1/s1. The second-order valence-electron chi connectivity index (χ2n) is 4.89. The van der Waals surface area contributed by atoms with E-state index in [1.54, 1.807) is 46.1 Å². The van der Waals surface area contributed by atoms with Crippen molar-refractivity contribution in [3.8, 4) is 0 Å². The minimum atomic E-state index is -3.38. The summed E-state index contributed by atoms with van der Waals surface area (Å²) in [6.07, 6.45) is 3.68. The van der Waals surface area contributed by atoms with Gasteiger partial charge >= 0.3 is 0 Å². The van der Waals surface area contributed by atoms with Crippen molar-refractivity contribution < 1.29 is 8.42 Å². The highest BCUT2D eigenvalue weighted by atomic mass is 32.2.